The second-order valence-electron chi connectivity index (χ2n) is 5.77. The van der Waals surface area contributed by atoms with E-state index < -0.39 is 0 Å². The third kappa shape index (κ3) is 4.33. The van der Waals surface area contributed by atoms with E-state index in [0.717, 1.165) is 43.8 Å². The first-order chi connectivity index (χ1) is 11.7. The van der Waals surface area contributed by atoms with Gasteiger partial charge in [-0.05, 0) is 23.6 Å². The van der Waals surface area contributed by atoms with Gasteiger partial charge in [0.1, 0.15) is 0 Å². The van der Waals surface area contributed by atoms with Gasteiger partial charge in [-0.2, -0.15) is 0 Å². The zero-order chi connectivity index (χ0) is 16.8. The molecule has 1 fully saturated rings. The summed E-state index contributed by atoms with van der Waals surface area (Å²) in [6.07, 6.45) is 1.83. The zero-order valence-corrected chi connectivity index (χ0v) is 13.5. The van der Waals surface area contributed by atoms with E-state index >= 15 is 0 Å². The average molecular weight is 330 g/mol. The first-order valence-corrected chi connectivity index (χ1v) is 8.14. The Kier molecular flexibility index (Phi) is 5.45. The normalized spacial score (nSPS) is 15.3. The van der Waals surface area contributed by atoms with Gasteiger partial charge in [0, 0.05) is 43.5 Å². The van der Waals surface area contributed by atoms with E-state index in [1.165, 1.54) is 0 Å². The molecule has 0 bridgehead atoms. The molecule has 7 heteroatoms. The predicted octanol–water partition coefficient (Wildman–Crippen LogP) is 0.346. The van der Waals surface area contributed by atoms with Gasteiger partial charge < -0.3 is 20.4 Å². The van der Waals surface area contributed by atoms with Crippen LogP contribution in [0.15, 0.2) is 30.5 Å². The number of H-pyrrole nitrogens is 1. The van der Waals surface area contributed by atoms with Crippen LogP contribution in [-0.2, 0) is 9.53 Å². The van der Waals surface area contributed by atoms with E-state index in [1.54, 1.807) is 12.1 Å². The molecule has 0 atom stereocenters. The number of aromatic amines is 1. The molecule has 0 saturated carbocycles. The van der Waals surface area contributed by atoms with Crippen molar-refractivity contribution in [3.63, 3.8) is 0 Å². The van der Waals surface area contributed by atoms with Gasteiger partial charge in [-0.3, -0.25) is 14.5 Å². The second-order valence-corrected chi connectivity index (χ2v) is 5.77. The number of amides is 2. The average Bonchev–Trinajstić information content (AvgIpc) is 3.08. The Morgan fingerprint density at radius 1 is 1.17 bits per heavy atom. The lowest BCUT2D eigenvalue weighted by molar-refractivity contribution is -0.120. The van der Waals surface area contributed by atoms with Crippen LogP contribution in [0.3, 0.4) is 0 Å². The van der Waals surface area contributed by atoms with Crippen LogP contribution >= 0.6 is 0 Å². The Morgan fingerprint density at radius 3 is 2.83 bits per heavy atom. The van der Waals surface area contributed by atoms with E-state index in [0.29, 0.717) is 12.1 Å². The van der Waals surface area contributed by atoms with Crippen molar-refractivity contribution in [2.45, 2.75) is 0 Å². The lowest BCUT2D eigenvalue weighted by Crippen LogP contribution is -2.43. The van der Waals surface area contributed by atoms with Crippen LogP contribution in [0.2, 0.25) is 0 Å². The molecule has 1 aromatic heterocycles. The Hall–Kier alpha value is -2.38. The quantitative estimate of drug-likeness (QED) is 0.713. The molecule has 3 N–H and O–H groups in total. The molecule has 0 radical (unpaired) electrons. The number of hydrogen-bond acceptors (Lipinski definition) is 4. The summed E-state index contributed by atoms with van der Waals surface area (Å²) in [6.45, 7) is 4.63. The maximum absolute atomic E-state index is 12.1. The molecule has 1 saturated heterocycles. The van der Waals surface area contributed by atoms with Crippen LogP contribution in [0, 0.1) is 0 Å². The highest BCUT2D eigenvalue weighted by molar-refractivity contribution is 5.99. The van der Waals surface area contributed by atoms with Gasteiger partial charge in [-0.25, -0.2) is 0 Å². The molecule has 7 nitrogen and oxygen atoms in total. The molecule has 128 valence electrons. The molecule has 2 amide bonds. The number of morpholine rings is 1. The van der Waals surface area contributed by atoms with E-state index in [4.69, 9.17) is 4.74 Å². The summed E-state index contributed by atoms with van der Waals surface area (Å²) in [5.74, 6) is -0.438. The van der Waals surface area contributed by atoms with Crippen molar-refractivity contribution in [1.29, 1.82) is 0 Å². The third-order valence-electron chi connectivity index (χ3n) is 4.08. The molecule has 0 aliphatic carbocycles. The smallest absolute Gasteiger partial charge is 0.251 e. The maximum atomic E-state index is 12.1. The van der Waals surface area contributed by atoms with Crippen LogP contribution in [0.5, 0.6) is 0 Å². The summed E-state index contributed by atoms with van der Waals surface area (Å²) in [7, 11) is 0. The number of benzene rings is 1. The number of nitrogens with one attached hydrogen (secondary N) is 3. The summed E-state index contributed by atoms with van der Waals surface area (Å²) in [6, 6.07) is 7.35. The van der Waals surface area contributed by atoms with Gasteiger partial charge in [-0.15, -0.1) is 0 Å². The monoisotopic (exact) mass is 330 g/mol. The van der Waals surface area contributed by atoms with Crippen LogP contribution in [0.4, 0.5) is 0 Å². The highest BCUT2D eigenvalue weighted by atomic mass is 16.5. The lowest BCUT2D eigenvalue weighted by Gasteiger charge is -2.26. The van der Waals surface area contributed by atoms with Crippen molar-refractivity contribution >= 4 is 22.7 Å². The number of carbonyl (C=O) groups excluding carboxylic acids is 2. The maximum Gasteiger partial charge on any atom is 0.251 e. The molecular formula is C17H22N4O3. The number of hydrogen-bond donors (Lipinski definition) is 3. The second kappa shape index (κ2) is 7.94. The molecule has 3 rings (SSSR count). The Balaban J connectivity index is 1.39. The molecule has 0 spiro atoms. The summed E-state index contributed by atoms with van der Waals surface area (Å²) in [4.78, 5) is 29.2. The zero-order valence-electron chi connectivity index (χ0n) is 13.5. The van der Waals surface area contributed by atoms with Crippen LogP contribution in [0.1, 0.15) is 10.4 Å². The van der Waals surface area contributed by atoms with E-state index in [-0.39, 0.29) is 18.4 Å². The van der Waals surface area contributed by atoms with Gasteiger partial charge in [0.05, 0.1) is 19.8 Å². The lowest BCUT2D eigenvalue weighted by atomic mass is 10.1. The van der Waals surface area contributed by atoms with E-state index in [9.17, 15) is 9.59 Å². The fourth-order valence-electron chi connectivity index (χ4n) is 2.69. The van der Waals surface area contributed by atoms with Crippen molar-refractivity contribution < 1.29 is 14.3 Å². The van der Waals surface area contributed by atoms with E-state index in [1.807, 2.05) is 18.3 Å². The van der Waals surface area contributed by atoms with Gasteiger partial charge in [0.2, 0.25) is 5.91 Å². The molecule has 1 aliphatic heterocycles. The van der Waals surface area contributed by atoms with Crippen LogP contribution in [0.25, 0.3) is 10.9 Å². The van der Waals surface area contributed by atoms with Gasteiger partial charge in [0.15, 0.2) is 0 Å². The summed E-state index contributed by atoms with van der Waals surface area (Å²) >= 11 is 0. The van der Waals surface area contributed by atoms with Gasteiger partial charge in [0.25, 0.3) is 5.91 Å². The van der Waals surface area contributed by atoms with Crippen molar-refractivity contribution in [2.24, 2.45) is 0 Å². The van der Waals surface area contributed by atoms with Crippen molar-refractivity contribution in [3.8, 4) is 0 Å². The molecule has 2 aromatic rings. The van der Waals surface area contributed by atoms with Crippen molar-refractivity contribution in [3.05, 3.63) is 36.0 Å². The predicted molar refractivity (Wildman–Crippen MR) is 90.9 cm³/mol. The van der Waals surface area contributed by atoms with Crippen molar-refractivity contribution in [1.82, 2.24) is 20.5 Å². The molecule has 24 heavy (non-hydrogen) atoms. The first kappa shape index (κ1) is 16.5. The minimum absolute atomic E-state index is 0.0231. The molecule has 0 unspecified atom stereocenters. The Labute approximate surface area is 140 Å². The first-order valence-electron chi connectivity index (χ1n) is 8.14. The number of ether oxygens (including phenoxy) is 1. The molecular weight excluding hydrogens is 308 g/mol. The topological polar surface area (TPSA) is 86.5 Å². The van der Waals surface area contributed by atoms with Crippen molar-refractivity contribution in [2.75, 3.05) is 45.9 Å². The number of nitrogens with zero attached hydrogens (tertiary/aromatic N) is 1. The van der Waals surface area contributed by atoms with Gasteiger partial charge >= 0.3 is 0 Å². The van der Waals surface area contributed by atoms with Crippen LogP contribution < -0.4 is 10.6 Å². The number of fused-ring (bicyclic) bond motifs is 1. The highest BCUT2D eigenvalue weighted by Gasteiger charge is 2.11. The largest absolute Gasteiger partial charge is 0.379 e. The SMILES string of the molecule is O=C(CNC(=O)c1ccc2cc[nH]c2c1)NCCN1CCOCC1. The summed E-state index contributed by atoms with van der Waals surface area (Å²) in [5, 5.41) is 6.51. The summed E-state index contributed by atoms with van der Waals surface area (Å²) in [5.41, 5.74) is 1.43. The molecule has 1 aromatic carbocycles. The highest BCUT2D eigenvalue weighted by Crippen LogP contribution is 2.13. The number of aromatic nitrogens is 1. The minimum atomic E-state index is -0.255. The Bertz CT molecular complexity index is 707. The number of carbonyl (C=O) groups is 2. The molecule has 1 aliphatic rings. The number of rotatable bonds is 6. The third-order valence-corrected chi connectivity index (χ3v) is 4.08. The fraction of sp³-hybridized carbons (Fsp3) is 0.412. The van der Waals surface area contributed by atoms with Gasteiger partial charge in [-0.1, -0.05) is 6.07 Å². The Morgan fingerprint density at radius 2 is 2.00 bits per heavy atom. The van der Waals surface area contributed by atoms with Crippen LogP contribution in [-0.4, -0.2) is 67.6 Å². The summed E-state index contributed by atoms with van der Waals surface area (Å²) < 4.78 is 5.28. The minimum Gasteiger partial charge on any atom is -0.379 e. The standard InChI is InChI=1S/C17H22N4O3/c22-16(19-5-6-21-7-9-24-10-8-21)12-20-17(23)14-2-1-13-3-4-18-15(13)11-14/h1-4,11,18H,5-10,12H2,(H,19,22)(H,20,23). The van der Waals surface area contributed by atoms with E-state index in [2.05, 4.69) is 20.5 Å². The molecule has 2 heterocycles. The fourth-order valence-corrected chi connectivity index (χ4v) is 2.69.